The van der Waals surface area contributed by atoms with Gasteiger partial charge in [-0.15, -0.1) is 0 Å². The summed E-state index contributed by atoms with van der Waals surface area (Å²) in [6.45, 7) is 7.60. The molecule has 0 aliphatic rings. The van der Waals surface area contributed by atoms with Gasteiger partial charge in [0.1, 0.15) is 0 Å². The highest BCUT2D eigenvalue weighted by Gasteiger charge is 2.07. The van der Waals surface area contributed by atoms with E-state index in [1.165, 1.54) is 11.6 Å². The van der Waals surface area contributed by atoms with E-state index < -0.39 is 5.97 Å². The third-order valence-electron chi connectivity index (χ3n) is 3.13. The Morgan fingerprint density at radius 3 is 2.38 bits per heavy atom. The van der Waals surface area contributed by atoms with Gasteiger partial charge in [-0.2, -0.15) is 0 Å². The summed E-state index contributed by atoms with van der Waals surface area (Å²) in [6, 6.07) is 7.71. The number of ether oxygens (including phenoxy) is 1. The van der Waals surface area contributed by atoms with Gasteiger partial charge in [-0.25, -0.2) is 4.79 Å². The predicted octanol–water partition coefficient (Wildman–Crippen LogP) is 3.65. The van der Waals surface area contributed by atoms with Crippen molar-refractivity contribution in [2.75, 3.05) is 11.9 Å². The lowest BCUT2D eigenvalue weighted by Crippen LogP contribution is -2.20. The van der Waals surface area contributed by atoms with Crippen molar-refractivity contribution in [2.45, 2.75) is 40.0 Å². The highest BCUT2D eigenvalue weighted by atomic mass is 16.5. The maximum Gasteiger partial charge on any atom is 0.331 e. The summed E-state index contributed by atoms with van der Waals surface area (Å²) in [5, 5.41) is 2.70. The molecule has 1 aromatic rings. The van der Waals surface area contributed by atoms with E-state index in [2.05, 4.69) is 19.2 Å². The first-order valence-electron chi connectivity index (χ1n) is 7.13. The van der Waals surface area contributed by atoms with Crippen molar-refractivity contribution in [2.24, 2.45) is 0 Å². The molecule has 0 radical (unpaired) electrons. The van der Waals surface area contributed by atoms with Crippen LogP contribution in [0.3, 0.4) is 0 Å². The summed E-state index contributed by atoms with van der Waals surface area (Å²) in [7, 11) is 0. The van der Waals surface area contributed by atoms with Crippen LogP contribution in [0.5, 0.6) is 0 Å². The van der Waals surface area contributed by atoms with E-state index >= 15 is 0 Å². The van der Waals surface area contributed by atoms with E-state index in [0.29, 0.717) is 11.6 Å². The van der Waals surface area contributed by atoms with Gasteiger partial charge in [-0.3, -0.25) is 4.79 Å². The van der Waals surface area contributed by atoms with E-state index in [4.69, 9.17) is 4.74 Å². The fourth-order valence-electron chi connectivity index (χ4n) is 1.74. The second-order valence-electron chi connectivity index (χ2n) is 5.31. The molecule has 0 aromatic heterocycles. The Morgan fingerprint density at radius 2 is 1.86 bits per heavy atom. The van der Waals surface area contributed by atoms with Crippen molar-refractivity contribution in [1.82, 2.24) is 0 Å². The molecule has 21 heavy (non-hydrogen) atoms. The van der Waals surface area contributed by atoms with Gasteiger partial charge in [-0.1, -0.05) is 31.6 Å². The molecule has 0 saturated heterocycles. The van der Waals surface area contributed by atoms with Crippen molar-refractivity contribution in [3.8, 4) is 0 Å². The molecule has 0 fully saturated rings. The van der Waals surface area contributed by atoms with Gasteiger partial charge < -0.3 is 10.1 Å². The number of anilines is 1. The van der Waals surface area contributed by atoms with Crippen molar-refractivity contribution in [3.05, 3.63) is 41.5 Å². The smallest absolute Gasteiger partial charge is 0.331 e. The van der Waals surface area contributed by atoms with Crippen molar-refractivity contribution >= 4 is 17.6 Å². The molecule has 0 aliphatic carbocycles. The standard InChI is InChI=1S/C17H23NO3/c1-5-13(4)14-6-8-15(9-7-14)18-16(19)11-21-17(20)10-12(2)3/h6-10,13H,5,11H2,1-4H3,(H,18,19)/t13-/m1/s1. The Labute approximate surface area is 126 Å². The van der Waals surface area contributed by atoms with Crippen LogP contribution in [0.15, 0.2) is 35.9 Å². The van der Waals surface area contributed by atoms with Crippen molar-refractivity contribution < 1.29 is 14.3 Å². The number of benzene rings is 1. The fraction of sp³-hybridized carbons (Fsp3) is 0.412. The molecule has 4 heteroatoms. The average Bonchev–Trinajstić information content (AvgIpc) is 2.44. The molecular formula is C17H23NO3. The number of allylic oxidation sites excluding steroid dienone is 1. The molecule has 1 atom stereocenters. The van der Waals surface area contributed by atoms with Crippen LogP contribution in [0.1, 0.15) is 45.6 Å². The minimum Gasteiger partial charge on any atom is -0.452 e. The molecule has 0 spiro atoms. The van der Waals surface area contributed by atoms with Gasteiger partial charge in [0.25, 0.3) is 5.91 Å². The highest BCUT2D eigenvalue weighted by molar-refractivity contribution is 5.93. The lowest BCUT2D eigenvalue weighted by Gasteiger charge is -2.10. The average molecular weight is 289 g/mol. The summed E-state index contributed by atoms with van der Waals surface area (Å²) < 4.78 is 4.84. The summed E-state index contributed by atoms with van der Waals surface area (Å²) in [4.78, 5) is 23.0. The molecule has 1 amide bonds. The van der Waals surface area contributed by atoms with Gasteiger partial charge in [0.2, 0.25) is 0 Å². The first-order valence-corrected chi connectivity index (χ1v) is 7.13. The maximum atomic E-state index is 11.7. The Morgan fingerprint density at radius 1 is 1.24 bits per heavy atom. The molecule has 114 valence electrons. The van der Waals surface area contributed by atoms with E-state index in [9.17, 15) is 9.59 Å². The van der Waals surface area contributed by atoms with Crippen molar-refractivity contribution in [1.29, 1.82) is 0 Å². The summed E-state index contributed by atoms with van der Waals surface area (Å²) >= 11 is 0. The molecule has 0 unspecified atom stereocenters. The van der Waals surface area contributed by atoms with Crippen LogP contribution in [-0.2, 0) is 14.3 Å². The second kappa shape index (κ2) is 8.25. The van der Waals surface area contributed by atoms with Crippen LogP contribution in [0.25, 0.3) is 0 Å². The number of rotatable bonds is 6. The minimum atomic E-state index is -0.503. The highest BCUT2D eigenvalue weighted by Crippen LogP contribution is 2.20. The first kappa shape index (κ1) is 17.0. The largest absolute Gasteiger partial charge is 0.452 e. The molecule has 0 saturated carbocycles. The molecule has 1 N–H and O–H groups in total. The summed E-state index contributed by atoms with van der Waals surface area (Å²) in [5.74, 6) is -0.348. The predicted molar refractivity (Wildman–Crippen MR) is 84.2 cm³/mol. The minimum absolute atomic E-state index is 0.282. The van der Waals surface area contributed by atoms with Crippen LogP contribution in [-0.4, -0.2) is 18.5 Å². The topological polar surface area (TPSA) is 55.4 Å². The SMILES string of the molecule is CC[C@@H](C)c1ccc(NC(=O)COC(=O)C=C(C)C)cc1. The first-order chi connectivity index (χ1) is 9.92. The van der Waals surface area contributed by atoms with Crippen LogP contribution in [0, 0.1) is 0 Å². The third kappa shape index (κ3) is 6.25. The van der Waals surface area contributed by atoms with E-state index in [1.807, 2.05) is 24.3 Å². The molecule has 1 rings (SSSR count). The lowest BCUT2D eigenvalue weighted by atomic mass is 9.99. The van der Waals surface area contributed by atoms with Gasteiger partial charge in [0.05, 0.1) is 0 Å². The second-order valence-corrected chi connectivity index (χ2v) is 5.31. The normalized spacial score (nSPS) is 11.4. The fourth-order valence-corrected chi connectivity index (χ4v) is 1.74. The van der Waals surface area contributed by atoms with Gasteiger partial charge in [0, 0.05) is 11.8 Å². The zero-order valence-corrected chi connectivity index (χ0v) is 13.1. The zero-order chi connectivity index (χ0) is 15.8. The van der Waals surface area contributed by atoms with Crippen LogP contribution < -0.4 is 5.32 Å². The van der Waals surface area contributed by atoms with Crippen LogP contribution in [0.4, 0.5) is 5.69 Å². The summed E-state index contributed by atoms with van der Waals surface area (Å²) in [5.41, 5.74) is 2.77. The number of carbonyl (C=O) groups excluding carboxylic acids is 2. The van der Waals surface area contributed by atoms with Crippen LogP contribution >= 0.6 is 0 Å². The Balaban J connectivity index is 2.48. The van der Waals surface area contributed by atoms with Crippen molar-refractivity contribution in [3.63, 3.8) is 0 Å². The lowest BCUT2D eigenvalue weighted by molar-refractivity contribution is -0.142. The quantitative estimate of drug-likeness (QED) is 0.642. The number of esters is 1. The number of hydrogen-bond acceptors (Lipinski definition) is 3. The van der Waals surface area contributed by atoms with E-state index in [0.717, 1.165) is 12.0 Å². The molecule has 4 nitrogen and oxygen atoms in total. The Hall–Kier alpha value is -2.10. The molecule has 0 bridgehead atoms. The van der Waals surface area contributed by atoms with Gasteiger partial charge in [-0.05, 0) is 43.9 Å². The van der Waals surface area contributed by atoms with Crippen LogP contribution in [0.2, 0.25) is 0 Å². The monoisotopic (exact) mass is 289 g/mol. The van der Waals surface area contributed by atoms with Gasteiger partial charge in [0.15, 0.2) is 6.61 Å². The maximum absolute atomic E-state index is 11.7. The molecule has 0 aliphatic heterocycles. The third-order valence-corrected chi connectivity index (χ3v) is 3.13. The van der Waals surface area contributed by atoms with Gasteiger partial charge >= 0.3 is 5.97 Å². The molecule has 1 aromatic carbocycles. The molecule has 0 heterocycles. The number of hydrogen-bond donors (Lipinski definition) is 1. The van der Waals surface area contributed by atoms with E-state index in [1.54, 1.807) is 13.8 Å². The van der Waals surface area contributed by atoms with E-state index in [-0.39, 0.29) is 12.5 Å². The summed E-state index contributed by atoms with van der Waals surface area (Å²) in [6.07, 6.45) is 2.43. The molecular weight excluding hydrogens is 266 g/mol. The number of carbonyl (C=O) groups is 2. The Bertz CT molecular complexity index is 513. The Kier molecular flexibility index (Phi) is 6.66. The zero-order valence-electron chi connectivity index (χ0n) is 13.1. The number of amides is 1. The number of nitrogens with one attached hydrogen (secondary N) is 1.